The predicted molar refractivity (Wildman–Crippen MR) is 304 cm³/mol. The Bertz CT molecular complexity index is 2760. The summed E-state index contributed by atoms with van der Waals surface area (Å²) in [6, 6.07) is 19.3. The highest BCUT2D eigenvalue weighted by Gasteiger charge is 2.49. The van der Waals surface area contributed by atoms with Gasteiger partial charge in [0.1, 0.15) is 35.1 Å². The Morgan fingerprint density at radius 2 is 0.881 bits per heavy atom. The number of carbonyl (C=O) groups is 8. The van der Waals surface area contributed by atoms with E-state index >= 15 is 0 Å². The third-order valence-electron chi connectivity index (χ3n) is 16.8. The van der Waals surface area contributed by atoms with Crippen LogP contribution in [-0.4, -0.2) is 164 Å². The van der Waals surface area contributed by atoms with Crippen molar-refractivity contribution in [2.45, 2.75) is 129 Å². The monoisotopic (exact) mass is 1160 g/mol. The van der Waals surface area contributed by atoms with Crippen molar-refractivity contribution in [3.05, 3.63) is 120 Å². The topological polar surface area (TPSA) is 310 Å². The average Bonchev–Trinajstić information content (AvgIpc) is 4.36. The van der Waals surface area contributed by atoms with Crippen molar-refractivity contribution < 1.29 is 66.9 Å². The van der Waals surface area contributed by atoms with Crippen LogP contribution in [0.2, 0.25) is 0 Å². The lowest BCUT2D eigenvalue weighted by Gasteiger charge is -2.41. The molecule has 2 unspecified atom stereocenters. The van der Waals surface area contributed by atoms with Crippen LogP contribution in [0.4, 0.5) is 0 Å². The number of hydrogen-bond acceptors (Lipinski definition) is 18. The number of likely N-dealkylation sites (tertiary alicyclic amines) is 2. The van der Waals surface area contributed by atoms with Gasteiger partial charge in [-0.05, 0) is 88.5 Å². The fourth-order valence-electron chi connectivity index (χ4n) is 11.0. The van der Waals surface area contributed by atoms with Gasteiger partial charge in [0.15, 0.2) is 11.6 Å². The van der Waals surface area contributed by atoms with Crippen LogP contribution < -0.4 is 10.6 Å². The number of rotatable bonds is 22. The molecule has 0 radical (unpaired) electrons. The van der Waals surface area contributed by atoms with Crippen molar-refractivity contribution >= 4 is 47.1 Å². The number of benzene rings is 2. The highest BCUT2D eigenvalue weighted by atomic mass is 16.5. The fraction of sp³-hybridized carbons (Fsp3) is 0.533. The molecule has 0 saturated carbocycles. The van der Waals surface area contributed by atoms with Crippen molar-refractivity contribution in [3.63, 3.8) is 0 Å². The Morgan fingerprint density at radius 3 is 1.18 bits per heavy atom. The van der Waals surface area contributed by atoms with E-state index in [1.807, 2.05) is 102 Å². The maximum atomic E-state index is 13.4. The van der Waals surface area contributed by atoms with Gasteiger partial charge < -0.3 is 58.8 Å². The molecule has 2 atom stereocenters. The van der Waals surface area contributed by atoms with Gasteiger partial charge in [-0.1, -0.05) is 88.4 Å². The van der Waals surface area contributed by atoms with Crippen LogP contribution in [0.1, 0.15) is 139 Å². The van der Waals surface area contributed by atoms with E-state index in [0.29, 0.717) is 127 Å². The van der Waals surface area contributed by atoms with Crippen LogP contribution in [0, 0.1) is 10.8 Å². The number of piperidine rings is 2. The second-order valence-electron chi connectivity index (χ2n) is 21.5. The van der Waals surface area contributed by atoms with Gasteiger partial charge in [0.2, 0.25) is 47.2 Å². The predicted octanol–water partition coefficient (Wildman–Crippen LogP) is 5.47. The van der Waals surface area contributed by atoms with Crippen molar-refractivity contribution in [2.24, 2.45) is 10.8 Å². The minimum Gasteiger partial charge on any atom is -0.473 e. The van der Waals surface area contributed by atoms with Gasteiger partial charge in [0.25, 0.3) is 0 Å². The number of nitrogens with one attached hydrogen (secondary N) is 2. The number of aliphatic carboxylic acids is 2. The second kappa shape index (κ2) is 29.6. The summed E-state index contributed by atoms with van der Waals surface area (Å²) in [4.78, 5) is 104. The van der Waals surface area contributed by atoms with Gasteiger partial charge in [-0.2, -0.15) is 0 Å². The minimum absolute atomic E-state index is 0.106. The van der Waals surface area contributed by atoms with E-state index in [1.165, 1.54) is 12.2 Å². The fourth-order valence-corrected chi connectivity index (χ4v) is 11.0. The maximum Gasteiger partial charge on any atom is 0.414 e. The molecule has 4 amide bonds. The van der Waals surface area contributed by atoms with Gasteiger partial charge in [-0.3, -0.25) is 28.8 Å². The summed E-state index contributed by atoms with van der Waals surface area (Å²) < 4.78 is 22.2. The summed E-state index contributed by atoms with van der Waals surface area (Å²) in [5, 5.41) is 38.1. The Labute approximate surface area is 489 Å². The highest BCUT2D eigenvalue weighted by Crippen LogP contribution is 2.38. The van der Waals surface area contributed by atoms with Crippen molar-refractivity contribution in [1.82, 2.24) is 50.6 Å². The second-order valence-corrected chi connectivity index (χ2v) is 21.5. The summed E-state index contributed by atoms with van der Waals surface area (Å²) in [6.45, 7) is 16.7. The molecule has 454 valence electrons. The maximum absolute atomic E-state index is 13.4. The number of carboxylic acids is 2. The zero-order valence-corrected chi connectivity index (χ0v) is 49.3. The molecule has 24 nitrogen and oxygen atoms in total. The molecule has 24 heteroatoms. The molecule has 4 aliphatic rings. The molecule has 0 bridgehead atoms. The normalized spacial score (nSPS) is 18.9. The third-order valence-corrected chi connectivity index (χ3v) is 16.8. The molecule has 4 aliphatic heterocycles. The number of ketones is 2. The molecule has 2 aromatic heterocycles. The first-order valence-electron chi connectivity index (χ1n) is 28.6. The van der Waals surface area contributed by atoms with E-state index in [0.717, 1.165) is 11.1 Å². The molecule has 8 rings (SSSR count). The van der Waals surface area contributed by atoms with E-state index in [9.17, 15) is 28.8 Å². The molecule has 0 aliphatic carbocycles. The number of nitrogens with zero attached hydrogens (tertiary/aromatic N) is 8. The van der Waals surface area contributed by atoms with E-state index < -0.39 is 33.8 Å². The largest absolute Gasteiger partial charge is 0.473 e. The van der Waals surface area contributed by atoms with Crippen LogP contribution in [0.5, 0.6) is 0 Å². The number of methoxy groups -OCH3 is 2. The third kappa shape index (κ3) is 15.1. The van der Waals surface area contributed by atoms with Crippen molar-refractivity contribution in [1.29, 1.82) is 0 Å². The first kappa shape index (κ1) is 65.4. The summed E-state index contributed by atoms with van der Waals surface area (Å²) in [5.74, 6) is -3.53. The number of aromatic nitrogens is 4. The SMILES string of the molecule is CCC1(CC)C(=O)C=CN(CCN2CCC(NC(=O)C(C)c3ccccc3)(c3nnc(COC)o3)CC2)C1=O.CCC1(CC)C(=O)C=CN(CCN2CCC(NC(=O)C(C)c3ccccc3)(c3nnc(COC)o3)CC2)C1=O.O=C(O)C(=O)O. The van der Waals surface area contributed by atoms with E-state index in [1.54, 1.807) is 36.4 Å². The van der Waals surface area contributed by atoms with E-state index in [-0.39, 0.29) is 60.2 Å². The number of carbonyl (C=O) groups excluding carboxylic acids is 6. The van der Waals surface area contributed by atoms with E-state index in [4.69, 9.17) is 38.1 Å². The van der Waals surface area contributed by atoms with Gasteiger partial charge in [0.05, 0.1) is 11.8 Å². The molecule has 4 N–H and O–H groups in total. The van der Waals surface area contributed by atoms with Crippen LogP contribution in [0.3, 0.4) is 0 Å². The lowest BCUT2D eigenvalue weighted by molar-refractivity contribution is -0.159. The Balaban J connectivity index is 0.000000245. The van der Waals surface area contributed by atoms with Crippen molar-refractivity contribution in [2.75, 3.05) is 66.6 Å². The number of ether oxygens (including phenoxy) is 2. The van der Waals surface area contributed by atoms with Crippen LogP contribution in [0.15, 0.2) is 94.0 Å². The Morgan fingerprint density at radius 1 is 0.548 bits per heavy atom. The Kier molecular flexibility index (Phi) is 23.1. The Hall–Kier alpha value is -7.80. The number of carboxylic acid groups (broad SMARTS) is 2. The van der Waals surface area contributed by atoms with Gasteiger partial charge in [-0.25, -0.2) is 9.59 Å². The van der Waals surface area contributed by atoms with E-state index in [2.05, 4.69) is 40.8 Å². The zero-order chi connectivity index (χ0) is 61.2. The van der Waals surface area contributed by atoms with Crippen LogP contribution in [-0.2, 0) is 72.1 Å². The summed E-state index contributed by atoms with van der Waals surface area (Å²) in [7, 11) is 3.12. The quantitative estimate of drug-likeness (QED) is 0.0560. The zero-order valence-electron chi connectivity index (χ0n) is 49.3. The number of hydrogen-bond donors (Lipinski definition) is 4. The molecule has 2 saturated heterocycles. The minimum atomic E-state index is -1.82. The molecule has 4 aromatic rings. The summed E-state index contributed by atoms with van der Waals surface area (Å²) >= 11 is 0. The first-order chi connectivity index (χ1) is 40.2. The molecule has 6 heterocycles. The summed E-state index contributed by atoms with van der Waals surface area (Å²) in [5.41, 5.74) is -1.65. The van der Waals surface area contributed by atoms with Gasteiger partial charge in [-0.15, -0.1) is 20.4 Å². The smallest absolute Gasteiger partial charge is 0.414 e. The lowest BCUT2D eigenvalue weighted by atomic mass is 9.75. The van der Waals surface area contributed by atoms with Gasteiger partial charge >= 0.3 is 11.9 Å². The van der Waals surface area contributed by atoms with Crippen LogP contribution in [0.25, 0.3) is 0 Å². The first-order valence-corrected chi connectivity index (χ1v) is 28.6. The molecular weight excluding hydrogens is 1080 g/mol. The van der Waals surface area contributed by atoms with Crippen molar-refractivity contribution in [3.8, 4) is 0 Å². The average molecular weight is 1170 g/mol. The molecule has 2 fully saturated rings. The molecule has 0 spiro atoms. The molecule has 2 aromatic carbocycles. The number of allylic oxidation sites excluding steroid dienone is 2. The molecular formula is C60H80N10O14. The lowest BCUT2D eigenvalue weighted by Crippen LogP contribution is -2.55. The standard InChI is InChI=1S/2C29H39N5O5.C2H2O4/c2*1-5-28(6-2)23(35)12-15-34(27(28)37)19-18-33-16-13-29(14-17-33,26-32-31-24(39-26)20-38-4)30-25(36)21(3)22-10-8-7-9-11-22;3-1(4)2(5)6/h2*7-12,15,21H,5-6,13-14,16-20H2,1-4H3,(H,30,36);(H,3,4)(H,5,6). The summed E-state index contributed by atoms with van der Waals surface area (Å²) in [6.07, 6.45) is 10.6. The molecule has 84 heavy (non-hydrogen) atoms. The van der Waals surface area contributed by atoms with Gasteiger partial charge in [0, 0.05) is 79.0 Å². The highest BCUT2D eigenvalue weighted by molar-refractivity contribution is 6.27. The number of amides is 4. The van der Waals surface area contributed by atoms with Crippen LogP contribution >= 0.6 is 0 Å².